The zero-order chi connectivity index (χ0) is 51.0. The zero-order valence-corrected chi connectivity index (χ0v) is 43.5. The van der Waals surface area contributed by atoms with Crippen molar-refractivity contribution in [3.05, 3.63) is 48.6 Å². The van der Waals surface area contributed by atoms with Crippen molar-refractivity contribution in [1.29, 1.82) is 0 Å². The van der Waals surface area contributed by atoms with Crippen molar-refractivity contribution in [2.45, 2.75) is 280 Å². The van der Waals surface area contributed by atoms with Gasteiger partial charge in [-0.25, -0.2) is 0 Å². The molecule has 0 aromatic rings. The Labute approximate surface area is 423 Å². The summed E-state index contributed by atoms with van der Waals surface area (Å²) in [7, 11) is 0. The number of aliphatic hydroxyl groups excluding tert-OH is 8. The molecule has 2 rings (SSSR count). The summed E-state index contributed by atoms with van der Waals surface area (Å²) in [5.41, 5.74) is 0. The summed E-state index contributed by atoms with van der Waals surface area (Å²) >= 11 is 0. The second kappa shape index (κ2) is 42.3. The van der Waals surface area contributed by atoms with E-state index in [1.807, 2.05) is 6.08 Å². The second-order valence-electron chi connectivity index (χ2n) is 19.7. The third-order valence-corrected chi connectivity index (χ3v) is 13.5. The topological polar surface area (TPSA) is 228 Å². The molecule has 14 heteroatoms. The van der Waals surface area contributed by atoms with Crippen molar-refractivity contribution in [3.8, 4) is 0 Å². The predicted molar refractivity (Wildman–Crippen MR) is 277 cm³/mol. The van der Waals surface area contributed by atoms with Gasteiger partial charge < -0.3 is 65.1 Å². The van der Waals surface area contributed by atoms with Crippen molar-refractivity contribution >= 4 is 5.91 Å². The molecule has 2 heterocycles. The highest BCUT2D eigenvalue weighted by molar-refractivity contribution is 5.76. The molecule has 12 unspecified atom stereocenters. The summed E-state index contributed by atoms with van der Waals surface area (Å²) in [6, 6.07) is -0.920. The lowest BCUT2D eigenvalue weighted by molar-refractivity contribution is -0.359. The maximum Gasteiger partial charge on any atom is 0.220 e. The summed E-state index contributed by atoms with van der Waals surface area (Å²) in [6.45, 7) is 2.68. The number of hydrogen-bond acceptors (Lipinski definition) is 13. The number of amides is 1. The van der Waals surface area contributed by atoms with Crippen molar-refractivity contribution in [1.82, 2.24) is 5.32 Å². The van der Waals surface area contributed by atoms with Crippen molar-refractivity contribution in [2.75, 3.05) is 19.8 Å². The van der Waals surface area contributed by atoms with Crippen LogP contribution in [0.4, 0.5) is 0 Å². The normalized spacial score (nSPS) is 26.3. The van der Waals surface area contributed by atoms with Crippen LogP contribution in [0.2, 0.25) is 0 Å². The van der Waals surface area contributed by atoms with Gasteiger partial charge in [0.1, 0.15) is 48.8 Å². The molecule has 2 aliphatic rings. The molecule has 0 spiro atoms. The predicted octanol–water partition coefficient (Wildman–Crippen LogP) is 8.44. The van der Waals surface area contributed by atoms with E-state index in [0.29, 0.717) is 6.42 Å². The molecular weight excluding hydrogens is 895 g/mol. The van der Waals surface area contributed by atoms with Crippen LogP contribution in [0.3, 0.4) is 0 Å². The molecule has 0 bridgehead atoms. The lowest BCUT2D eigenvalue weighted by Gasteiger charge is -2.46. The molecule has 9 N–H and O–H groups in total. The standard InChI is InChI=1S/C56H101NO13/c1-3-5-7-9-11-13-15-17-19-21-22-24-25-27-29-31-33-35-37-39-45(60)44(57-48(61)40-38-36-34-32-30-28-26-23-20-18-16-14-12-10-8-6-4-2)43-67-55-53(66)51(64)54(47(42-59)69-55)70-56-52(65)50(63)49(62)46(41-58)68-56/h6,8,12,14,18,20,37,39,44-47,49-56,58-60,62-66H,3-5,7,9-11,13,15-17,19,21-36,38,40-43H2,1-2H3,(H,57,61)/b8-6-,14-12-,20-18-,39-37+. The Bertz CT molecular complexity index is 1360. The summed E-state index contributed by atoms with van der Waals surface area (Å²) in [4.78, 5) is 13.2. The Kier molecular flexibility index (Phi) is 38.7. The smallest absolute Gasteiger partial charge is 0.220 e. The third-order valence-electron chi connectivity index (χ3n) is 13.5. The molecule has 0 aromatic carbocycles. The van der Waals surface area contributed by atoms with Crippen LogP contribution < -0.4 is 5.32 Å². The maximum atomic E-state index is 13.2. The molecule has 0 saturated carbocycles. The lowest BCUT2D eigenvalue weighted by atomic mass is 9.97. The van der Waals surface area contributed by atoms with Crippen LogP contribution in [-0.2, 0) is 23.7 Å². The molecule has 2 saturated heterocycles. The Hall–Kier alpha value is -2.05. The van der Waals surface area contributed by atoms with Gasteiger partial charge in [-0.2, -0.15) is 0 Å². The highest BCUT2D eigenvalue weighted by Gasteiger charge is 2.51. The van der Waals surface area contributed by atoms with E-state index in [1.54, 1.807) is 6.08 Å². The number of unbranched alkanes of at least 4 members (excludes halogenated alkanes) is 24. The van der Waals surface area contributed by atoms with Crippen LogP contribution in [0.5, 0.6) is 0 Å². The first-order chi connectivity index (χ1) is 34.1. The molecule has 70 heavy (non-hydrogen) atoms. The SMILES string of the molecule is CC/C=C\C/C=C\C/C=C\CCCCCCCCCC(=O)NC(COC1OC(CO)C(OC2OC(CO)C(O)C(O)C2O)C(O)C1O)C(O)/C=C/CCCCCCCCCCCCCCCCCCC. The van der Waals surface area contributed by atoms with Gasteiger partial charge in [0, 0.05) is 6.42 Å². The Balaban J connectivity index is 1.81. The first-order valence-corrected chi connectivity index (χ1v) is 27.9. The number of carbonyl (C=O) groups excluding carboxylic acids is 1. The minimum absolute atomic E-state index is 0.250. The summed E-state index contributed by atoms with van der Waals surface area (Å²) < 4.78 is 22.7. The van der Waals surface area contributed by atoms with Crippen molar-refractivity contribution in [2.24, 2.45) is 0 Å². The molecule has 14 nitrogen and oxygen atoms in total. The number of rotatable bonds is 43. The molecule has 0 aliphatic carbocycles. The summed E-state index contributed by atoms with van der Waals surface area (Å²) in [5.74, 6) is -0.250. The minimum Gasteiger partial charge on any atom is -0.394 e. The van der Waals surface area contributed by atoms with Crippen LogP contribution in [0.15, 0.2) is 48.6 Å². The monoisotopic (exact) mass is 996 g/mol. The van der Waals surface area contributed by atoms with Crippen molar-refractivity contribution < 1.29 is 64.6 Å². The Morgan fingerprint density at radius 1 is 0.529 bits per heavy atom. The van der Waals surface area contributed by atoms with E-state index < -0.39 is 86.8 Å². The molecular formula is C56H101NO13. The van der Waals surface area contributed by atoms with Gasteiger partial charge in [-0.3, -0.25) is 4.79 Å². The molecule has 0 radical (unpaired) electrons. The van der Waals surface area contributed by atoms with Crippen LogP contribution in [0.1, 0.15) is 206 Å². The highest BCUT2D eigenvalue weighted by Crippen LogP contribution is 2.30. The van der Waals surface area contributed by atoms with Gasteiger partial charge >= 0.3 is 0 Å². The fourth-order valence-electron chi connectivity index (χ4n) is 9.01. The fourth-order valence-corrected chi connectivity index (χ4v) is 9.01. The van der Waals surface area contributed by atoms with Gasteiger partial charge in [-0.1, -0.05) is 197 Å². The largest absolute Gasteiger partial charge is 0.394 e. The quantitative estimate of drug-likeness (QED) is 0.0207. The number of ether oxygens (including phenoxy) is 4. The first-order valence-electron chi connectivity index (χ1n) is 27.9. The molecule has 12 atom stereocenters. The van der Waals surface area contributed by atoms with E-state index in [0.717, 1.165) is 70.6 Å². The van der Waals surface area contributed by atoms with E-state index in [9.17, 15) is 45.6 Å². The minimum atomic E-state index is -1.79. The number of aliphatic hydroxyl groups is 8. The average molecular weight is 996 g/mol. The van der Waals surface area contributed by atoms with Gasteiger partial charge in [0.2, 0.25) is 5.91 Å². The average Bonchev–Trinajstić information content (AvgIpc) is 3.36. The maximum absolute atomic E-state index is 13.2. The number of carbonyl (C=O) groups is 1. The third kappa shape index (κ3) is 28.4. The van der Waals surface area contributed by atoms with Gasteiger partial charge in [-0.15, -0.1) is 0 Å². The van der Waals surface area contributed by atoms with E-state index in [4.69, 9.17) is 18.9 Å². The highest BCUT2D eigenvalue weighted by atomic mass is 16.7. The molecule has 2 fully saturated rings. The second-order valence-corrected chi connectivity index (χ2v) is 19.7. The molecule has 2 aliphatic heterocycles. The van der Waals surface area contributed by atoms with E-state index in [1.165, 1.54) is 109 Å². The van der Waals surface area contributed by atoms with Gasteiger partial charge in [-0.05, 0) is 51.4 Å². The number of allylic oxidation sites excluding steroid dienone is 7. The van der Waals surface area contributed by atoms with Crippen LogP contribution >= 0.6 is 0 Å². The fraction of sp³-hybridized carbons (Fsp3) is 0.839. The Morgan fingerprint density at radius 3 is 1.51 bits per heavy atom. The van der Waals surface area contributed by atoms with Crippen LogP contribution in [-0.4, -0.2) is 140 Å². The number of nitrogens with one attached hydrogen (secondary N) is 1. The van der Waals surface area contributed by atoms with E-state index in [2.05, 4.69) is 55.6 Å². The van der Waals surface area contributed by atoms with Crippen LogP contribution in [0, 0.1) is 0 Å². The van der Waals surface area contributed by atoms with E-state index in [-0.39, 0.29) is 18.9 Å². The van der Waals surface area contributed by atoms with Gasteiger partial charge in [0.25, 0.3) is 0 Å². The number of hydrogen-bond donors (Lipinski definition) is 9. The zero-order valence-electron chi connectivity index (χ0n) is 43.5. The summed E-state index contributed by atoms with van der Waals surface area (Å²) in [6.07, 6.45) is 34.3. The lowest BCUT2D eigenvalue weighted by Crippen LogP contribution is -2.65. The van der Waals surface area contributed by atoms with Gasteiger partial charge in [0.05, 0.1) is 32.0 Å². The molecule has 0 aromatic heterocycles. The Morgan fingerprint density at radius 2 is 0.986 bits per heavy atom. The first kappa shape index (κ1) is 64.1. The molecule has 408 valence electrons. The summed E-state index contributed by atoms with van der Waals surface area (Å²) in [5, 5.41) is 87.0. The molecule has 1 amide bonds. The van der Waals surface area contributed by atoms with Crippen molar-refractivity contribution in [3.63, 3.8) is 0 Å². The van der Waals surface area contributed by atoms with Crippen LogP contribution in [0.25, 0.3) is 0 Å². The van der Waals surface area contributed by atoms with E-state index >= 15 is 0 Å². The van der Waals surface area contributed by atoms with Gasteiger partial charge in [0.15, 0.2) is 12.6 Å².